The van der Waals surface area contributed by atoms with Gasteiger partial charge < -0.3 is 4.74 Å². The minimum Gasteiger partial charge on any atom is -0.488 e. The van der Waals surface area contributed by atoms with Gasteiger partial charge in [-0.05, 0) is 31.9 Å². The standard InChI is InChI=1S/C16H22ClNO/c1-12-13(7-6-10-18-12)19-15-11-14(17)16(15)8-4-2-3-5-9-16/h6-7,10,14-15H,2-5,8-9,11H2,1H3. The maximum absolute atomic E-state index is 6.56. The molecule has 1 aromatic rings. The Morgan fingerprint density at radius 3 is 2.63 bits per heavy atom. The van der Waals surface area contributed by atoms with Gasteiger partial charge in [-0.2, -0.15) is 0 Å². The summed E-state index contributed by atoms with van der Waals surface area (Å²) < 4.78 is 6.25. The van der Waals surface area contributed by atoms with E-state index in [-0.39, 0.29) is 11.5 Å². The Hall–Kier alpha value is -0.760. The molecule has 1 aromatic heterocycles. The van der Waals surface area contributed by atoms with E-state index in [1.54, 1.807) is 0 Å². The second kappa shape index (κ2) is 5.32. The fourth-order valence-corrected chi connectivity index (χ4v) is 4.15. The molecule has 2 unspecified atom stereocenters. The van der Waals surface area contributed by atoms with Crippen LogP contribution in [-0.4, -0.2) is 16.5 Å². The number of alkyl halides is 1. The summed E-state index contributed by atoms with van der Waals surface area (Å²) in [7, 11) is 0. The molecule has 0 N–H and O–H groups in total. The maximum atomic E-state index is 6.56. The molecule has 0 bridgehead atoms. The molecule has 104 valence electrons. The molecule has 2 aliphatic rings. The number of nitrogens with zero attached hydrogens (tertiary/aromatic N) is 1. The summed E-state index contributed by atoms with van der Waals surface area (Å²) in [6, 6.07) is 3.97. The lowest BCUT2D eigenvalue weighted by molar-refractivity contribution is -0.0517. The zero-order valence-electron chi connectivity index (χ0n) is 11.6. The third-order valence-corrected chi connectivity index (χ3v) is 5.56. The molecule has 0 amide bonds. The average Bonchev–Trinajstić information content (AvgIpc) is 2.68. The van der Waals surface area contributed by atoms with E-state index in [1.807, 2.05) is 25.3 Å². The normalized spacial score (nSPS) is 29.6. The van der Waals surface area contributed by atoms with Crippen molar-refractivity contribution in [1.29, 1.82) is 0 Å². The van der Waals surface area contributed by atoms with Crippen LogP contribution in [0.3, 0.4) is 0 Å². The van der Waals surface area contributed by atoms with Gasteiger partial charge in [-0.25, -0.2) is 0 Å². The predicted octanol–water partition coefficient (Wildman–Crippen LogP) is 4.49. The van der Waals surface area contributed by atoms with Crippen molar-refractivity contribution in [2.75, 3.05) is 0 Å². The third-order valence-electron chi connectivity index (χ3n) is 4.95. The van der Waals surface area contributed by atoms with Gasteiger partial charge >= 0.3 is 0 Å². The van der Waals surface area contributed by atoms with E-state index in [0.717, 1.165) is 17.9 Å². The monoisotopic (exact) mass is 279 g/mol. The Morgan fingerprint density at radius 2 is 2.00 bits per heavy atom. The lowest BCUT2D eigenvalue weighted by atomic mass is 9.61. The lowest BCUT2D eigenvalue weighted by Gasteiger charge is -2.53. The van der Waals surface area contributed by atoms with Gasteiger partial charge in [-0.3, -0.25) is 4.98 Å². The maximum Gasteiger partial charge on any atom is 0.140 e. The largest absolute Gasteiger partial charge is 0.488 e. The van der Waals surface area contributed by atoms with Gasteiger partial charge in [0.15, 0.2) is 0 Å². The molecule has 0 aliphatic heterocycles. The molecule has 2 saturated carbocycles. The van der Waals surface area contributed by atoms with E-state index in [9.17, 15) is 0 Å². The van der Waals surface area contributed by atoms with Crippen LogP contribution in [-0.2, 0) is 0 Å². The lowest BCUT2D eigenvalue weighted by Crippen LogP contribution is -2.57. The van der Waals surface area contributed by atoms with Crippen LogP contribution in [0.15, 0.2) is 18.3 Å². The van der Waals surface area contributed by atoms with Crippen molar-refractivity contribution in [2.45, 2.75) is 63.4 Å². The molecular weight excluding hydrogens is 258 g/mol. The minimum absolute atomic E-state index is 0.223. The summed E-state index contributed by atoms with van der Waals surface area (Å²) in [6.07, 6.45) is 10.8. The van der Waals surface area contributed by atoms with E-state index in [1.165, 1.54) is 38.5 Å². The van der Waals surface area contributed by atoms with Crippen molar-refractivity contribution < 1.29 is 4.74 Å². The van der Waals surface area contributed by atoms with Crippen LogP contribution >= 0.6 is 11.6 Å². The highest BCUT2D eigenvalue weighted by Gasteiger charge is 2.55. The molecule has 2 nitrogen and oxygen atoms in total. The number of ether oxygens (including phenoxy) is 1. The predicted molar refractivity (Wildman–Crippen MR) is 77.8 cm³/mol. The molecule has 0 saturated heterocycles. The van der Waals surface area contributed by atoms with E-state index in [0.29, 0.717) is 5.38 Å². The summed E-state index contributed by atoms with van der Waals surface area (Å²) in [6.45, 7) is 2.01. The van der Waals surface area contributed by atoms with Gasteiger partial charge in [0.2, 0.25) is 0 Å². The van der Waals surface area contributed by atoms with Crippen molar-refractivity contribution >= 4 is 11.6 Å². The number of hydrogen-bond donors (Lipinski definition) is 0. The van der Waals surface area contributed by atoms with Crippen molar-refractivity contribution in [3.63, 3.8) is 0 Å². The number of pyridine rings is 1. The average molecular weight is 280 g/mol. The molecule has 0 aromatic carbocycles. The third kappa shape index (κ3) is 2.35. The molecular formula is C16H22ClNO. The van der Waals surface area contributed by atoms with Crippen LogP contribution in [0.4, 0.5) is 0 Å². The molecule has 1 spiro atoms. The van der Waals surface area contributed by atoms with Crippen LogP contribution < -0.4 is 4.74 Å². The molecule has 19 heavy (non-hydrogen) atoms. The second-order valence-corrected chi connectivity index (χ2v) is 6.57. The Kier molecular flexibility index (Phi) is 3.70. The van der Waals surface area contributed by atoms with Gasteiger partial charge in [-0.1, -0.05) is 25.7 Å². The van der Waals surface area contributed by atoms with Gasteiger partial charge in [0.25, 0.3) is 0 Å². The molecule has 2 fully saturated rings. The smallest absolute Gasteiger partial charge is 0.140 e. The van der Waals surface area contributed by atoms with Crippen LogP contribution in [0.25, 0.3) is 0 Å². The summed E-state index contributed by atoms with van der Waals surface area (Å²) in [5.41, 5.74) is 1.20. The number of aryl methyl sites for hydroxylation is 1. The van der Waals surface area contributed by atoms with E-state index < -0.39 is 0 Å². The number of aromatic nitrogens is 1. The fraction of sp³-hybridized carbons (Fsp3) is 0.688. The first kappa shape index (κ1) is 13.2. The first-order chi connectivity index (χ1) is 9.22. The van der Waals surface area contributed by atoms with Crippen molar-refractivity contribution in [2.24, 2.45) is 5.41 Å². The molecule has 2 atom stereocenters. The van der Waals surface area contributed by atoms with Gasteiger partial charge in [0.1, 0.15) is 11.9 Å². The summed E-state index contributed by atoms with van der Waals surface area (Å²) >= 11 is 6.56. The van der Waals surface area contributed by atoms with E-state index in [2.05, 4.69) is 4.98 Å². The second-order valence-electron chi connectivity index (χ2n) is 6.04. The highest BCUT2D eigenvalue weighted by molar-refractivity contribution is 6.21. The number of halogens is 1. The van der Waals surface area contributed by atoms with Crippen molar-refractivity contribution in [3.8, 4) is 5.75 Å². The number of hydrogen-bond acceptors (Lipinski definition) is 2. The zero-order valence-corrected chi connectivity index (χ0v) is 12.3. The van der Waals surface area contributed by atoms with Crippen molar-refractivity contribution in [1.82, 2.24) is 4.98 Å². The first-order valence-electron chi connectivity index (χ1n) is 7.45. The van der Waals surface area contributed by atoms with Crippen LogP contribution in [0.1, 0.15) is 50.6 Å². The summed E-state index contributed by atoms with van der Waals surface area (Å²) in [4.78, 5) is 4.30. The SMILES string of the molecule is Cc1ncccc1OC1CC(Cl)C12CCCCCC2. The molecule has 0 radical (unpaired) electrons. The Balaban J connectivity index is 1.76. The highest BCUT2D eigenvalue weighted by Crippen LogP contribution is 2.55. The van der Waals surface area contributed by atoms with Crippen molar-refractivity contribution in [3.05, 3.63) is 24.0 Å². The number of rotatable bonds is 2. The molecule has 1 heterocycles. The Bertz CT molecular complexity index is 440. The Morgan fingerprint density at radius 1 is 1.26 bits per heavy atom. The highest BCUT2D eigenvalue weighted by atomic mass is 35.5. The van der Waals surface area contributed by atoms with Gasteiger partial charge in [-0.15, -0.1) is 11.6 Å². The molecule has 3 heteroatoms. The van der Waals surface area contributed by atoms with Crippen LogP contribution in [0.5, 0.6) is 5.75 Å². The minimum atomic E-state index is 0.223. The first-order valence-corrected chi connectivity index (χ1v) is 7.88. The summed E-state index contributed by atoms with van der Waals surface area (Å²) in [5, 5.41) is 0.299. The molecule has 2 aliphatic carbocycles. The Labute approximate surface area is 120 Å². The van der Waals surface area contributed by atoms with Crippen LogP contribution in [0.2, 0.25) is 0 Å². The van der Waals surface area contributed by atoms with Gasteiger partial charge in [0.05, 0.1) is 5.69 Å². The van der Waals surface area contributed by atoms with Crippen LogP contribution in [0, 0.1) is 12.3 Å². The van der Waals surface area contributed by atoms with E-state index >= 15 is 0 Å². The fourth-order valence-electron chi connectivity index (χ4n) is 3.63. The quantitative estimate of drug-likeness (QED) is 0.744. The van der Waals surface area contributed by atoms with Gasteiger partial charge in [0, 0.05) is 23.4 Å². The summed E-state index contributed by atoms with van der Waals surface area (Å²) in [5.74, 6) is 0.930. The molecule has 3 rings (SSSR count). The van der Waals surface area contributed by atoms with E-state index in [4.69, 9.17) is 16.3 Å². The zero-order chi connectivity index (χ0) is 13.3. The topological polar surface area (TPSA) is 22.1 Å².